The number of alkyl halides is 1. The number of benzene rings is 1. The van der Waals surface area contributed by atoms with Crippen molar-refractivity contribution < 1.29 is 14.6 Å². The van der Waals surface area contributed by atoms with Gasteiger partial charge in [0.15, 0.2) is 0 Å². The summed E-state index contributed by atoms with van der Waals surface area (Å²) in [5, 5.41) is 10.5. The van der Waals surface area contributed by atoms with E-state index in [-0.39, 0.29) is 11.7 Å². The van der Waals surface area contributed by atoms with Crippen LogP contribution in [0.5, 0.6) is 5.75 Å². The van der Waals surface area contributed by atoms with E-state index in [2.05, 4.69) is 31.9 Å². The average molecular weight is 395 g/mol. The number of phenolic OH excluding ortho intramolecular Hbond substituents is 1. The number of carbonyl (C=O) groups is 1. The third-order valence-electron chi connectivity index (χ3n) is 2.58. The second kappa shape index (κ2) is 8.55. The van der Waals surface area contributed by atoms with E-state index in [4.69, 9.17) is 4.74 Å². The summed E-state index contributed by atoms with van der Waals surface area (Å²) in [5.41, 5.74) is 0.303. The molecule has 0 aliphatic rings. The van der Waals surface area contributed by atoms with Gasteiger partial charge in [0.2, 0.25) is 0 Å². The van der Waals surface area contributed by atoms with Crippen LogP contribution in [0.2, 0.25) is 0 Å². The van der Waals surface area contributed by atoms with E-state index in [9.17, 15) is 9.90 Å². The van der Waals surface area contributed by atoms with E-state index in [1.807, 2.05) is 6.92 Å². The highest BCUT2D eigenvalue weighted by atomic mass is 79.9. The van der Waals surface area contributed by atoms with Crippen molar-refractivity contribution in [3.05, 3.63) is 28.2 Å². The molecule has 1 N–H and O–H groups in total. The lowest BCUT2D eigenvalue weighted by Gasteiger charge is -2.21. The van der Waals surface area contributed by atoms with Crippen molar-refractivity contribution in [2.45, 2.75) is 6.92 Å². The maximum absolute atomic E-state index is 12.3. The van der Waals surface area contributed by atoms with Crippen molar-refractivity contribution in [3.8, 4) is 5.75 Å². The van der Waals surface area contributed by atoms with Gasteiger partial charge < -0.3 is 14.7 Å². The Hall–Kier alpha value is -0.590. The number of amides is 1. The molecule has 0 aliphatic carbocycles. The minimum atomic E-state index is -0.191. The second-order valence-electron chi connectivity index (χ2n) is 3.85. The van der Waals surface area contributed by atoms with E-state index >= 15 is 0 Å². The predicted octanol–water partition coefficient (Wildman–Crippen LogP) is 3.03. The molecule has 0 atom stereocenters. The first-order valence-corrected chi connectivity index (χ1v) is 7.93. The Labute approximate surface area is 130 Å². The molecule has 4 nitrogen and oxygen atoms in total. The fourth-order valence-electron chi connectivity index (χ4n) is 1.58. The number of ether oxygens (including phenoxy) is 1. The number of aromatic hydroxyl groups is 1. The standard InChI is InChI=1S/C13H17Br2NO3/c1-2-16(6-8-19-7-5-14)13(18)11-9-10(15)3-4-12(11)17/h3-4,9,17H,2,5-8H2,1H3. The van der Waals surface area contributed by atoms with Crippen LogP contribution in [-0.4, -0.2) is 47.5 Å². The molecule has 0 saturated carbocycles. The SMILES string of the molecule is CCN(CCOCCBr)C(=O)c1cc(Br)ccc1O. The van der Waals surface area contributed by atoms with Crippen molar-refractivity contribution in [2.75, 3.05) is 31.6 Å². The zero-order valence-electron chi connectivity index (χ0n) is 10.7. The van der Waals surface area contributed by atoms with Crippen LogP contribution in [0.3, 0.4) is 0 Å². The zero-order chi connectivity index (χ0) is 14.3. The molecule has 1 rings (SSSR count). The highest BCUT2D eigenvalue weighted by Crippen LogP contribution is 2.23. The third-order valence-corrected chi connectivity index (χ3v) is 3.40. The average Bonchev–Trinajstić information content (AvgIpc) is 2.41. The molecule has 0 heterocycles. The topological polar surface area (TPSA) is 49.8 Å². The molecule has 1 aromatic rings. The minimum Gasteiger partial charge on any atom is -0.507 e. The number of rotatable bonds is 7. The summed E-state index contributed by atoms with van der Waals surface area (Å²) in [4.78, 5) is 13.9. The largest absolute Gasteiger partial charge is 0.507 e. The summed E-state index contributed by atoms with van der Waals surface area (Å²) in [6.07, 6.45) is 0. The van der Waals surface area contributed by atoms with Gasteiger partial charge in [-0.2, -0.15) is 0 Å². The van der Waals surface area contributed by atoms with Gasteiger partial charge in [0.1, 0.15) is 5.75 Å². The van der Waals surface area contributed by atoms with Crippen LogP contribution in [0.25, 0.3) is 0 Å². The van der Waals surface area contributed by atoms with Gasteiger partial charge in [0.25, 0.3) is 5.91 Å². The number of carbonyl (C=O) groups excluding carboxylic acids is 1. The first-order valence-electron chi connectivity index (χ1n) is 6.01. The van der Waals surface area contributed by atoms with Crippen molar-refractivity contribution in [3.63, 3.8) is 0 Å². The van der Waals surface area contributed by atoms with Gasteiger partial charge in [0.05, 0.1) is 18.8 Å². The maximum Gasteiger partial charge on any atom is 0.257 e. The molecule has 0 bridgehead atoms. The summed E-state index contributed by atoms with van der Waals surface area (Å²) in [6.45, 7) is 4.09. The molecular weight excluding hydrogens is 378 g/mol. The summed E-state index contributed by atoms with van der Waals surface area (Å²) in [6, 6.07) is 4.83. The molecular formula is C13H17Br2NO3. The van der Waals surface area contributed by atoms with Crippen LogP contribution in [0, 0.1) is 0 Å². The molecule has 6 heteroatoms. The first kappa shape index (κ1) is 16.5. The summed E-state index contributed by atoms with van der Waals surface area (Å²) >= 11 is 6.57. The lowest BCUT2D eigenvalue weighted by atomic mass is 10.1. The number of likely N-dealkylation sites (N-methyl/N-ethyl adjacent to an activating group) is 1. The van der Waals surface area contributed by atoms with Crippen LogP contribution in [0.1, 0.15) is 17.3 Å². The van der Waals surface area contributed by atoms with E-state index in [1.165, 1.54) is 6.07 Å². The Kier molecular flexibility index (Phi) is 7.41. The highest BCUT2D eigenvalue weighted by molar-refractivity contribution is 9.10. The Balaban J connectivity index is 2.69. The number of phenols is 1. The van der Waals surface area contributed by atoms with Crippen LogP contribution in [-0.2, 0) is 4.74 Å². The van der Waals surface area contributed by atoms with Crippen LogP contribution in [0.4, 0.5) is 0 Å². The van der Waals surface area contributed by atoms with E-state index < -0.39 is 0 Å². The monoisotopic (exact) mass is 393 g/mol. The van der Waals surface area contributed by atoms with Crippen LogP contribution >= 0.6 is 31.9 Å². The van der Waals surface area contributed by atoms with Gasteiger partial charge in [-0.1, -0.05) is 31.9 Å². The number of nitrogens with zero attached hydrogens (tertiary/aromatic N) is 1. The summed E-state index contributed by atoms with van der Waals surface area (Å²) in [7, 11) is 0. The van der Waals surface area contributed by atoms with E-state index in [0.29, 0.717) is 31.9 Å². The highest BCUT2D eigenvalue weighted by Gasteiger charge is 2.17. The summed E-state index contributed by atoms with van der Waals surface area (Å²) < 4.78 is 6.11. The Morgan fingerprint density at radius 1 is 1.42 bits per heavy atom. The molecule has 106 valence electrons. The van der Waals surface area contributed by atoms with Crippen molar-refractivity contribution >= 4 is 37.8 Å². The van der Waals surface area contributed by atoms with E-state index in [0.717, 1.165) is 9.80 Å². The van der Waals surface area contributed by atoms with Crippen molar-refractivity contribution in [2.24, 2.45) is 0 Å². The molecule has 0 spiro atoms. The molecule has 1 amide bonds. The molecule has 1 aromatic carbocycles. The fraction of sp³-hybridized carbons (Fsp3) is 0.462. The first-order chi connectivity index (χ1) is 9.10. The lowest BCUT2D eigenvalue weighted by molar-refractivity contribution is 0.0669. The van der Waals surface area contributed by atoms with Gasteiger partial charge in [-0.15, -0.1) is 0 Å². The smallest absolute Gasteiger partial charge is 0.257 e. The van der Waals surface area contributed by atoms with Gasteiger partial charge in [-0.3, -0.25) is 4.79 Å². The normalized spacial score (nSPS) is 10.5. The Morgan fingerprint density at radius 3 is 2.79 bits per heavy atom. The molecule has 0 aliphatic heterocycles. The lowest BCUT2D eigenvalue weighted by Crippen LogP contribution is -2.34. The molecule has 0 radical (unpaired) electrons. The van der Waals surface area contributed by atoms with Gasteiger partial charge in [-0.25, -0.2) is 0 Å². The molecule has 0 aromatic heterocycles. The Bertz CT molecular complexity index is 426. The van der Waals surface area contributed by atoms with Gasteiger partial charge >= 0.3 is 0 Å². The Morgan fingerprint density at radius 2 is 2.16 bits per heavy atom. The van der Waals surface area contributed by atoms with Gasteiger partial charge in [-0.05, 0) is 25.1 Å². The fourth-order valence-corrected chi connectivity index (χ4v) is 2.17. The quantitative estimate of drug-likeness (QED) is 0.571. The second-order valence-corrected chi connectivity index (χ2v) is 5.56. The molecule has 0 fully saturated rings. The zero-order valence-corrected chi connectivity index (χ0v) is 13.9. The van der Waals surface area contributed by atoms with E-state index in [1.54, 1.807) is 17.0 Å². The molecule has 0 unspecified atom stereocenters. The number of hydrogen-bond acceptors (Lipinski definition) is 3. The van der Waals surface area contributed by atoms with Gasteiger partial charge in [0, 0.05) is 22.9 Å². The number of halogens is 2. The molecule has 0 saturated heterocycles. The third kappa shape index (κ3) is 5.12. The predicted molar refractivity (Wildman–Crippen MR) is 82.0 cm³/mol. The maximum atomic E-state index is 12.3. The van der Waals surface area contributed by atoms with Crippen LogP contribution in [0.15, 0.2) is 22.7 Å². The van der Waals surface area contributed by atoms with Crippen molar-refractivity contribution in [1.82, 2.24) is 4.90 Å². The molecule has 19 heavy (non-hydrogen) atoms. The van der Waals surface area contributed by atoms with Crippen LogP contribution < -0.4 is 0 Å². The van der Waals surface area contributed by atoms with Crippen molar-refractivity contribution in [1.29, 1.82) is 0 Å². The summed E-state index contributed by atoms with van der Waals surface area (Å²) in [5.74, 6) is -0.197. The minimum absolute atomic E-state index is 0.00646. The number of hydrogen-bond donors (Lipinski definition) is 1.